The summed E-state index contributed by atoms with van der Waals surface area (Å²) >= 11 is 0. The highest BCUT2D eigenvalue weighted by atomic mass is 16.2. The van der Waals surface area contributed by atoms with Gasteiger partial charge in [0.15, 0.2) is 0 Å². The maximum atomic E-state index is 14.4. The van der Waals surface area contributed by atoms with Gasteiger partial charge in [-0.25, -0.2) is 0 Å². The lowest BCUT2D eigenvalue weighted by atomic mass is 9.58. The minimum Gasteiger partial charge on any atom is -0.333 e. The molecule has 7 nitrogen and oxygen atoms in total. The van der Waals surface area contributed by atoms with Crippen molar-refractivity contribution in [3.8, 4) is 0 Å². The van der Waals surface area contributed by atoms with Gasteiger partial charge in [-0.05, 0) is 62.2 Å². The Labute approximate surface area is 194 Å². The Hall–Kier alpha value is -1.99. The predicted molar refractivity (Wildman–Crippen MR) is 116 cm³/mol. The van der Waals surface area contributed by atoms with Crippen molar-refractivity contribution in [3.05, 3.63) is 0 Å². The number of fused-ring (bicyclic) bond motifs is 12. The van der Waals surface area contributed by atoms with Crippen LogP contribution in [-0.2, 0) is 24.0 Å². The second-order valence-electron chi connectivity index (χ2n) is 12.5. The Morgan fingerprint density at radius 1 is 0.758 bits per heavy atom. The number of nitrogens with zero attached hydrogens (tertiary/aromatic N) is 2. The van der Waals surface area contributed by atoms with Crippen molar-refractivity contribution in [2.24, 2.45) is 58.2 Å². The molecule has 4 bridgehead atoms. The Kier molecular flexibility index (Phi) is 3.69. The molecule has 2 aliphatic heterocycles. The lowest BCUT2D eigenvalue weighted by molar-refractivity contribution is -0.145. The van der Waals surface area contributed by atoms with E-state index < -0.39 is 10.8 Å². The van der Waals surface area contributed by atoms with E-state index in [9.17, 15) is 24.0 Å². The molecule has 33 heavy (non-hydrogen) atoms. The average molecular weight is 449 g/mol. The predicted octanol–water partition coefficient (Wildman–Crippen LogP) is 1.68. The summed E-state index contributed by atoms with van der Waals surface area (Å²) in [7, 11) is 3.31. The van der Waals surface area contributed by atoms with Gasteiger partial charge in [-0.1, -0.05) is 19.7 Å². The van der Waals surface area contributed by atoms with Crippen LogP contribution in [0, 0.1) is 58.2 Å². The Balaban J connectivity index is 1.21. The van der Waals surface area contributed by atoms with Crippen molar-refractivity contribution in [3.63, 3.8) is 0 Å². The van der Waals surface area contributed by atoms with Crippen molar-refractivity contribution >= 4 is 36.8 Å². The first kappa shape index (κ1) is 20.4. The number of Topliss-reactive ketones (excluding diaryl/α,β-unsaturated/α-hetero) is 1. The van der Waals surface area contributed by atoms with Crippen molar-refractivity contribution in [1.29, 1.82) is 0 Å². The van der Waals surface area contributed by atoms with E-state index in [1.165, 1.54) is 9.71 Å². The highest BCUT2D eigenvalue weighted by Crippen LogP contribution is 2.75. The van der Waals surface area contributed by atoms with E-state index in [1.54, 1.807) is 14.5 Å². The Morgan fingerprint density at radius 3 is 1.76 bits per heavy atom. The number of imide groups is 2. The summed E-state index contributed by atoms with van der Waals surface area (Å²) in [4.78, 5) is 69.1. The van der Waals surface area contributed by atoms with Crippen LogP contribution in [0.25, 0.3) is 0 Å². The monoisotopic (exact) mass is 449 g/mol. The number of ketones is 1. The first-order chi connectivity index (χ1) is 15.6. The van der Waals surface area contributed by atoms with Gasteiger partial charge in [0.05, 0.1) is 23.7 Å². The molecule has 1 radical (unpaired) electrons. The topological polar surface area (TPSA) is 91.8 Å². The molecule has 5 aliphatic carbocycles. The first-order valence-electron chi connectivity index (χ1n) is 12.7. The zero-order valence-electron chi connectivity index (χ0n) is 19.5. The maximum Gasteiger partial charge on any atom is 0.263 e. The minimum absolute atomic E-state index is 0.0395. The molecule has 8 heteroatoms. The summed E-state index contributed by atoms with van der Waals surface area (Å²) in [6, 6.07) is 0. The van der Waals surface area contributed by atoms with Gasteiger partial charge in [-0.15, -0.1) is 0 Å². The maximum absolute atomic E-state index is 14.4. The van der Waals surface area contributed by atoms with Crippen molar-refractivity contribution in [2.75, 3.05) is 7.05 Å². The van der Waals surface area contributed by atoms with E-state index in [0.717, 1.165) is 32.1 Å². The average Bonchev–Trinajstić information content (AvgIpc) is 3.61. The van der Waals surface area contributed by atoms with Gasteiger partial charge in [0.25, 0.3) is 7.41 Å². The fraction of sp³-hybridized carbons (Fsp3) is 0.800. The van der Waals surface area contributed by atoms with Crippen molar-refractivity contribution in [1.82, 2.24) is 9.71 Å². The number of hydrogen-bond donors (Lipinski definition) is 0. The van der Waals surface area contributed by atoms with Gasteiger partial charge in [-0.2, -0.15) is 0 Å². The zero-order chi connectivity index (χ0) is 23.2. The first-order valence-corrected chi connectivity index (χ1v) is 12.7. The largest absolute Gasteiger partial charge is 0.333 e. The summed E-state index contributed by atoms with van der Waals surface area (Å²) in [6.07, 6.45) is 4.57. The number of carbonyl (C=O) groups excluding carboxylic acids is 5. The van der Waals surface area contributed by atoms with E-state index in [1.807, 2.05) is 13.8 Å². The molecular formula is C25H30BN2O5. The molecular weight excluding hydrogens is 419 g/mol. The highest BCUT2D eigenvalue weighted by Gasteiger charge is 2.78. The minimum atomic E-state index is -0.521. The summed E-state index contributed by atoms with van der Waals surface area (Å²) in [5, 5.41) is 0. The molecule has 0 aromatic rings. The summed E-state index contributed by atoms with van der Waals surface area (Å²) in [6.45, 7) is 3.92. The normalized spacial score (nSPS) is 51.5. The molecule has 2 spiro atoms. The SMILES string of the molecule is CC(C)[B]N1C(=O)C2C3CC(C2C1=O)C1(CCC2(CC4CC2C2C(=O)N(C)C(=O)C42)C1=O)C3. The van der Waals surface area contributed by atoms with E-state index in [2.05, 4.69) is 0 Å². The quantitative estimate of drug-likeness (QED) is 0.473. The fourth-order valence-corrected chi connectivity index (χ4v) is 10.2. The second-order valence-corrected chi connectivity index (χ2v) is 12.5. The van der Waals surface area contributed by atoms with Gasteiger partial charge < -0.3 is 4.81 Å². The molecule has 7 rings (SSSR count). The van der Waals surface area contributed by atoms with Crippen LogP contribution in [-0.4, -0.2) is 53.6 Å². The van der Waals surface area contributed by atoms with Crippen LogP contribution in [0.1, 0.15) is 52.4 Å². The zero-order valence-corrected chi connectivity index (χ0v) is 19.5. The van der Waals surface area contributed by atoms with Crippen LogP contribution in [0.5, 0.6) is 0 Å². The third kappa shape index (κ3) is 2.06. The standard InChI is InChI=1S/C25H30BN2O5/c1-10(2)26-28-21(31)16-12-7-14(18(16)22(28)32)25(9-12)5-4-24(23(25)33)8-11-6-13(24)17-15(11)19(29)27(3)20(17)30/h10-18H,4-9H2,1-3H3. The number of rotatable bonds is 2. The molecule has 10 unspecified atom stereocenters. The number of carbonyl (C=O) groups is 5. The highest BCUT2D eigenvalue weighted by molar-refractivity contribution is 6.45. The number of amides is 4. The molecule has 10 atom stereocenters. The molecule has 2 heterocycles. The molecule has 0 aromatic heterocycles. The Bertz CT molecular complexity index is 1060. The van der Waals surface area contributed by atoms with Gasteiger partial charge >= 0.3 is 0 Å². The molecule has 173 valence electrons. The van der Waals surface area contributed by atoms with Crippen LogP contribution < -0.4 is 0 Å². The molecule has 7 fully saturated rings. The van der Waals surface area contributed by atoms with Gasteiger partial charge in [-0.3, -0.25) is 28.9 Å². The fourth-order valence-electron chi connectivity index (χ4n) is 10.2. The lowest BCUT2D eigenvalue weighted by Gasteiger charge is -2.42. The van der Waals surface area contributed by atoms with Gasteiger partial charge in [0.1, 0.15) is 5.78 Å². The molecule has 0 N–H and O–H groups in total. The number of likely N-dealkylation sites (tertiary alicyclic amines) is 1. The van der Waals surface area contributed by atoms with Crippen LogP contribution in [0.4, 0.5) is 0 Å². The van der Waals surface area contributed by atoms with Crippen LogP contribution in [0.2, 0.25) is 5.82 Å². The van der Waals surface area contributed by atoms with E-state index in [-0.39, 0.29) is 82.6 Å². The second kappa shape index (κ2) is 5.98. The smallest absolute Gasteiger partial charge is 0.263 e. The van der Waals surface area contributed by atoms with Crippen LogP contribution in [0.15, 0.2) is 0 Å². The molecule has 7 aliphatic rings. The van der Waals surface area contributed by atoms with E-state index >= 15 is 0 Å². The van der Waals surface area contributed by atoms with Gasteiger partial charge in [0, 0.05) is 17.9 Å². The van der Waals surface area contributed by atoms with Gasteiger partial charge in [0.2, 0.25) is 23.6 Å². The lowest BCUT2D eigenvalue weighted by Crippen LogP contribution is -2.48. The van der Waals surface area contributed by atoms with E-state index in [0.29, 0.717) is 6.42 Å². The summed E-state index contributed by atoms with van der Waals surface area (Å²) in [5.74, 6) is -1.03. The number of hydrogen-bond acceptors (Lipinski definition) is 5. The van der Waals surface area contributed by atoms with Crippen LogP contribution >= 0.6 is 0 Å². The summed E-state index contributed by atoms with van der Waals surface area (Å²) < 4.78 is 0. The van der Waals surface area contributed by atoms with Crippen molar-refractivity contribution in [2.45, 2.75) is 58.2 Å². The third-order valence-corrected chi connectivity index (χ3v) is 11.1. The Morgan fingerprint density at radius 2 is 1.21 bits per heavy atom. The van der Waals surface area contributed by atoms with Crippen molar-refractivity contribution < 1.29 is 24.0 Å². The molecule has 0 aromatic carbocycles. The summed E-state index contributed by atoms with van der Waals surface area (Å²) in [5.41, 5.74) is -1.03. The molecule has 2 saturated heterocycles. The van der Waals surface area contributed by atoms with Crippen LogP contribution in [0.3, 0.4) is 0 Å². The molecule has 4 amide bonds. The third-order valence-electron chi connectivity index (χ3n) is 11.1. The van der Waals surface area contributed by atoms with E-state index in [4.69, 9.17) is 0 Å². The molecule has 5 saturated carbocycles.